The summed E-state index contributed by atoms with van der Waals surface area (Å²) in [5.74, 6) is 3.78. The van der Waals surface area contributed by atoms with E-state index in [9.17, 15) is 18.6 Å². The van der Waals surface area contributed by atoms with Crippen LogP contribution in [0.25, 0.3) is 0 Å². The molecule has 0 spiro atoms. The van der Waals surface area contributed by atoms with E-state index in [4.69, 9.17) is 0 Å². The van der Waals surface area contributed by atoms with Gasteiger partial charge in [-0.05, 0) is 117 Å². The van der Waals surface area contributed by atoms with E-state index in [0.29, 0.717) is 35.5 Å². The van der Waals surface area contributed by atoms with Crippen molar-refractivity contribution >= 4 is 9.84 Å². The van der Waals surface area contributed by atoms with Gasteiger partial charge in [0.2, 0.25) is 0 Å². The Hall–Kier alpha value is -1.17. The van der Waals surface area contributed by atoms with Gasteiger partial charge in [0.1, 0.15) is 0 Å². The van der Waals surface area contributed by atoms with Crippen LogP contribution in [0.15, 0.2) is 46.9 Å². The first kappa shape index (κ1) is 25.5. The molecule has 3 saturated carbocycles. The Bertz CT molecular complexity index is 1020. The highest BCUT2D eigenvalue weighted by Gasteiger charge is 2.56. The molecule has 4 aliphatic carbocycles. The second kappa shape index (κ2) is 9.95. The maximum absolute atomic E-state index is 13.4. The van der Waals surface area contributed by atoms with Crippen molar-refractivity contribution in [2.24, 2.45) is 40.9 Å². The minimum atomic E-state index is -3.46. The summed E-state index contributed by atoms with van der Waals surface area (Å²) in [7, 11) is -3.46. The fourth-order valence-electron chi connectivity index (χ4n) is 9.15. The summed E-state index contributed by atoms with van der Waals surface area (Å²) < 4.78 is 26.9. The van der Waals surface area contributed by atoms with Gasteiger partial charge in [0.25, 0.3) is 0 Å². The number of aliphatic hydroxyl groups is 2. The van der Waals surface area contributed by atoms with E-state index in [1.54, 1.807) is 24.3 Å². The van der Waals surface area contributed by atoms with Crippen molar-refractivity contribution < 1.29 is 18.6 Å². The number of hydrogen-bond acceptors (Lipinski definition) is 4. The lowest BCUT2D eigenvalue weighted by molar-refractivity contribution is -0.0294. The molecule has 8 unspecified atom stereocenters. The molecule has 194 valence electrons. The molecule has 0 aliphatic heterocycles. The summed E-state index contributed by atoms with van der Waals surface area (Å²) in [5, 5.41) is 19.4. The largest absolute Gasteiger partial charge is 0.396 e. The van der Waals surface area contributed by atoms with Gasteiger partial charge in [-0.15, -0.1) is 0 Å². The van der Waals surface area contributed by atoms with Crippen molar-refractivity contribution in [1.29, 1.82) is 0 Å². The van der Waals surface area contributed by atoms with Crippen molar-refractivity contribution in [3.05, 3.63) is 42.0 Å². The number of benzene rings is 1. The quantitative estimate of drug-likeness (QED) is 0.465. The van der Waals surface area contributed by atoms with Crippen molar-refractivity contribution in [3.63, 3.8) is 0 Å². The molecule has 0 amide bonds. The van der Waals surface area contributed by atoms with Crippen molar-refractivity contribution in [2.45, 2.75) is 94.3 Å². The average molecular weight is 501 g/mol. The van der Waals surface area contributed by atoms with Crippen LogP contribution in [0.5, 0.6) is 0 Å². The SMILES string of the molecule is C[C@H](CC(CCO)S(=O)(=O)c1ccccc1)C1CCC2C3CC=C4CC(O)CCC4C3CCC21C. The van der Waals surface area contributed by atoms with Gasteiger partial charge in [-0.2, -0.15) is 0 Å². The first-order valence-corrected chi connectivity index (χ1v) is 15.6. The molecule has 2 N–H and O–H groups in total. The molecule has 0 aromatic heterocycles. The van der Waals surface area contributed by atoms with Gasteiger partial charge in [0.05, 0.1) is 16.2 Å². The molecule has 4 nitrogen and oxygen atoms in total. The zero-order valence-corrected chi connectivity index (χ0v) is 22.3. The van der Waals surface area contributed by atoms with Crippen LogP contribution in [0.1, 0.15) is 78.1 Å². The number of hydrogen-bond donors (Lipinski definition) is 2. The van der Waals surface area contributed by atoms with Gasteiger partial charge in [-0.1, -0.05) is 43.7 Å². The number of rotatable bonds is 7. The summed E-state index contributed by atoms with van der Waals surface area (Å²) >= 11 is 0. The fourth-order valence-corrected chi connectivity index (χ4v) is 11.0. The second-order valence-electron chi connectivity index (χ2n) is 12.4. The Labute approximate surface area is 212 Å². The summed E-state index contributed by atoms with van der Waals surface area (Å²) in [5.41, 5.74) is 1.81. The molecular formula is C30H44O4S. The highest BCUT2D eigenvalue weighted by atomic mass is 32.2. The summed E-state index contributed by atoms with van der Waals surface area (Å²) in [6.45, 7) is 4.69. The second-order valence-corrected chi connectivity index (χ2v) is 14.7. The highest BCUT2D eigenvalue weighted by molar-refractivity contribution is 7.92. The Morgan fingerprint density at radius 1 is 1.06 bits per heavy atom. The average Bonchev–Trinajstić information content (AvgIpc) is 3.21. The molecule has 35 heavy (non-hydrogen) atoms. The van der Waals surface area contributed by atoms with Gasteiger partial charge in [0, 0.05) is 6.61 Å². The van der Waals surface area contributed by atoms with E-state index in [1.807, 2.05) is 6.07 Å². The molecule has 0 radical (unpaired) electrons. The molecule has 5 heteroatoms. The normalized spacial score (nSPS) is 38.6. The predicted octanol–water partition coefficient (Wildman–Crippen LogP) is 5.79. The van der Waals surface area contributed by atoms with Gasteiger partial charge in [0.15, 0.2) is 9.84 Å². The summed E-state index contributed by atoms with van der Waals surface area (Å²) in [4.78, 5) is 0.379. The van der Waals surface area contributed by atoms with E-state index >= 15 is 0 Å². The summed E-state index contributed by atoms with van der Waals surface area (Å²) in [6.07, 6.45) is 12.4. The molecule has 5 rings (SSSR count). The predicted molar refractivity (Wildman–Crippen MR) is 139 cm³/mol. The van der Waals surface area contributed by atoms with Crippen molar-refractivity contribution in [1.82, 2.24) is 0 Å². The topological polar surface area (TPSA) is 74.6 Å². The number of fused-ring (bicyclic) bond motifs is 5. The van der Waals surface area contributed by atoms with E-state index in [2.05, 4.69) is 19.9 Å². The number of aliphatic hydroxyl groups excluding tert-OH is 2. The smallest absolute Gasteiger partial charge is 0.181 e. The van der Waals surface area contributed by atoms with Crippen LogP contribution in [0.2, 0.25) is 0 Å². The molecule has 4 aliphatic rings. The molecule has 0 bridgehead atoms. The number of sulfone groups is 1. The molecule has 0 heterocycles. The maximum Gasteiger partial charge on any atom is 0.181 e. The molecule has 1 aromatic rings. The van der Waals surface area contributed by atoms with Crippen molar-refractivity contribution in [3.8, 4) is 0 Å². The lowest BCUT2D eigenvalue weighted by Crippen LogP contribution is -2.47. The number of allylic oxidation sites excluding steroid dienone is 1. The molecule has 9 atom stereocenters. The zero-order chi connectivity index (χ0) is 24.8. The van der Waals surface area contributed by atoms with Crippen LogP contribution in [0.4, 0.5) is 0 Å². The first-order chi connectivity index (χ1) is 16.8. The Kier molecular flexibility index (Phi) is 7.24. The van der Waals surface area contributed by atoms with Crippen LogP contribution in [-0.4, -0.2) is 36.6 Å². The third kappa shape index (κ3) is 4.55. The van der Waals surface area contributed by atoms with Crippen LogP contribution in [-0.2, 0) is 9.84 Å². The van der Waals surface area contributed by atoms with E-state index < -0.39 is 15.1 Å². The van der Waals surface area contributed by atoms with E-state index in [0.717, 1.165) is 37.0 Å². The Morgan fingerprint density at radius 3 is 2.57 bits per heavy atom. The lowest BCUT2D eigenvalue weighted by Gasteiger charge is -2.54. The van der Waals surface area contributed by atoms with Gasteiger partial charge in [-0.3, -0.25) is 0 Å². The highest BCUT2D eigenvalue weighted by Crippen LogP contribution is 2.64. The fraction of sp³-hybridized carbons (Fsp3) is 0.733. The molecule has 0 saturated heterocycles. The lowest BCUT2D eigenvalue weighted by atomic mass is 9.51. The summed E-state index contributed by atoms with van der Waals surface area (Å²) in [6, 6.07) is 8.79. The third-order valence-corrected chi connectivity index (χ3v) is 13.0. The van der Waals surface area contributed by atoms with Gasteiger partial charge in [-0.25, -0.2) is 8.42 Å². The van der Waals surface area contributed by atoms with E-state index in [1.165, 1.54) is 37.7 Å². The van der Waals surface area contributed by atoms with Gasteiger partial charge >= 0.3 is 0 Å². The minimum Gasteiger partial charge on any atom is -0.396 e. The van der Waals surface area contributed by atoms with E-state index in [-0.39, 0.29) is 18.1 Å². The monoisotopic (exact) mass is 500 g/mol. The zero-order valence-electron chi connectivity index (χ0n) is 21.5. The van der Waals surface area contributed by atoms with Crippen LogP contribution < -0.4 is 0 Å². The Morgan fingerprint density at radius 2 is 1.83 bits per heavy atom. The van der Waals surface area contributed by atoms with Crippen LogP contribution in [0, 0.1) is 40.9 Å². The molecule has 1 aromatic carbocycles. The standard InChI is InChI=1S/C30H44O4S/c1-20(18-24(15-17-31)35(33,34)23-6-4-3-5-7-23)28-12-13-29-27-10-8-21-19-22(32)9-11-25(21)26(27)14-16-30(28,29)2/h3-8,20,22,24-29,31-32H,9-19H2,1-2H3/t20-,22?,24?,25?,26?,27?,28?,29?,30?/m1/s1. The molecule has 3 fully saturated rings. The maximum atomic E-state index is 13.4. The van der Waals surface area contributed by atoms with Crippen LogP contribution >= 0.6 is 0 Å². The third-order valence-electron chi connectivity index (χ3n) is 10.8. The van der Waals surface area contributed by atoms with Crippen molar-refractivity contribution in [2.75, 3.05) is 6.61 Å². The minimum absolute atomic E-state index is 0.0947. The van der Waals surface area contributed by atoms with Crippen LogP contribution in [0.3, 0.4) is 0 Å². The van der Waals surface area contributed by atoms with Gasteiger partial charge < -0.3 is 10.2 Å². The Balaban J connectivity index is 1.33. The molecular weight excluding hydrogens is 456 g/mol. The first-order valence-electron chi connectivity index (χ1n) is 14.0.